The predicted octanol–water partition coefficient (Wildman–Crippen LogP) is 2.52. The summed E-state index contributed by atoms with van der Waals surface area (Å²) in [7, 11) is 1.76. The van der Waals surface area contributed by atoms with E-state index in [9.17, 15) is 18.0 Å². The lowest BCUT2D eigenvalue weighted by molar-refractivity contribution is -0.169. The van der Waals surface area contributed by atoms with E-state index in [4.69, 9.17) is 0 Å². The Kier molecular flexibility index (Phi) is 4.51. The highest BCUT2D eigenvalue weighted by molar-refractivity contribution is 5.82. The van der Waals surface area contributed by atoms with Crippen molar-refractivity contribution in [3.8, 4) is 0 Å². The summed E-state index contributed by atoms with van der Waals surface area (Å²) in [6.45, 7) is 8.26. The normalized spacial score (nSPS) is 13.9. The van der Waals surface area contributed by atoms with Gasteiger partial charge in [-0.2, -0.15) is 18.2 Å². The van der Waals surface area contributed by atoms with Crippen molar-refractivity contribution in [3.63, 3.8) is 0 Å². The number of amides is 1. The standard InChI is InChI=1S/C13H20F3N3O/c1-6-7-19-10(17-11(20)13(14,15)16)8-9(18(19)5)12(2,3)4/h8H,6-7H2,1-5H3. The van der Waals surface area contributed by atoms with E-state index in [0.29, 0.717) is 6.54 Å². The van der Waals surface area contributed by atoms with Gasteiger partial charge in [-0.05, 0) is 6.42 Å². The Morgan fingerprint density at radius 2 is 1.85 bits per heavy atom. The minimum atomic E-state index is -4.94. The van der Waals surface area contributed by atoms with Gasteiger partial charge in [0.1, 0.15) is 0 Å². The molecular formula is C13H20F3N3O. The number of halogens is 3. The quantitative estimate of drug-likeness (QED) is 0.825. The molecule has 0 aliphatic carbocycles. The second kappa shape index (κ2) is 5.46. The van der Waals surface area contributed by atoms with Crippen LogP contribution >= 0.6 is 0 Å². The molecule has 0 radical (unpaired) electrons. The number of carbonyl (C=O) groups excluding carboxylic acids is 1. The molecule has 1 heterocycles. The molecule has 0 N–H and O–H groups in total. The van der Waals surface area contributed by atoms with E-state index in [2.05, 4.69) is 4.99 Å². The zero-order chi connectivity index (χ0) is 15.7. The lowest BCUT2D eigenvalue weighted by Crippen LogP contribution is -2.28. The van der Waals surface area contributed by atoms with Gasteiger partial charge in [0.05, 0.1) is 0 Å². The number of carbonyl (C=O) groups is 1. The van der Waals surface area contributed by atoms with Crippen LogP contribution in [0, 0.1) is 0 Å². The first-order valence-electron chi connectivity index (χ1n) is 6.41. The highest BCUT2D eigenvalue weighted by Crippen LogP contribution is 2.21. The summed E-state index contributed by atoms with van der Waals surface area (Å²) < 4.78 is 40.3. The molecule has 1 aromatic heterocycles. The van der Waals surface area contributed by atoms with E-state index in [1.165, 1.54) is 0 Å². The molecule has 0 spiro atoms. The summed E-state index contributed by atoms with van der Waals surface area (Å²) >= 11 is 0. The second-order valence-electron chi connectivity index (χ2n) is 5.70. The molecule has 0 aromatic carbocycles. The van der Waals surface area contributed by atoms with Crippen molar-refractivity contribution in [1.82, 2.24) is 9.36 Å². The lowest BCUT2D eigenvalue weighted by atomic mass is 9.92. The Morgan fingerprint density at radius 3 is 2.25 bits per heavy atom. The summed E-state index contributed by atoms with van der Waals surface area (Å²) in [6, 6.07) is 1.54. The third kappa shape index (κ3) is 3.52. The molecular weight excluding hydrogens is 271 g/mol. The first kappa shape index (κ1) is 16.5. The minimum absolute atomic E-state index is 0.0431. The molecule has 1 rings (SSSR count). The highest BCUT2D eigenvalue weighted by atomic mass is 19.4. The molecule has 0 atom stereocenters. The van der Waals surface area contributed by atoms with Gasteiger partial charge in [0.2, 0.25) is 0 Å². The van der Waals surface area contributed by atoms with Crippen molar-refractivity contribution in [2.75, 3.05) is 0 Å². The van der Waals surface area contributed by atoms with Gasteiger partial charge in [-0.25, -0.2) is 0 Å². The summed E-state index contributed by atoms with van der Waals surface area (Å²) in [6.07, 6.45) is -4.21. The number of aromatic nitrogens is 2. The van der Waals surface area contributed by atoms with E-state index in [1.54, 1.807) is 22.5 Å². The fourth-order valence-corrected chi connectivity index (χ4v) is 2.01. The Bertz CT molecular complexity index is 559. The van der Waals surface area contributed by atoms with Crippen LogP contribution in [0.1, 0.15) is 39.8 Å². The van der Waals surface area contributed by atoms with Crippen LogP contribution in [0.4, 0.5) is 13.2 Å². The molecule has 0 aliphatic rings. The lowest BCUT2D eigenvalue weighted by Gasteiger charge is -2.20. The molecule has 0 aliphatic heterocycles. The Hall–Kier alpha value is -1.53. The average molecular weight is 291 g/mol. The van der Waals surface area contributed by atoms with Gasteiger partial charge < -0.3 is 0 Å². The molecule has 0 bridgehead atoms. The molecule has 114 valence electrons. The van der Waals surface area contributed by atoms with Crippen molar-refractivity contribution in [3.05, 3.63) is 17.2 Å². The van der Waals surface area contributed by atoms with Crippen molar-refractivity contribution in [2.24, 2.45) is 12.0 Å². The van der Waals surface area contributed by atoms with E-state index in [-0.39, 0.29) is 10.9 Å². The van der Waals surface area contributed by atoms with Crippen LogP contribution in [-0.4, -0.2) is 21.4 Å². The van der Waals surface area contributed by atoms with Crippen molar-refractivity contribution in [2.45, 2.75) is 52.3 Å². The molecule has 1 aromatic rings. The first-order chi connectivity index (χ1) is 8.98. The van der Waals surface area contributed by atoms with Crippen LogP contribution in [-0.2, 0) is 23.8 Å². The molecule has 20 heavy (non-hydrogen) atoms. The summed E-state index contributed by atoms with van der Waals surface area (Å²) in [4.78, 5) is 14.3. The van der Waals surface area contributed by atoms with E-state index in [1.807, 2.05) is 27.7 Å². The zero-order valence-corrected chi connectivity index (χ0v) is 12.4. The number of rotatable bonds is 2. The zero-order valence-electron chi connectivity index (χ0n) is 12.4. The Balaban J connectivity index is 3.47. The molecule has 7 heteroatoms. The van der Waals surface area contributed by atoms with Crippen molar-refractivity contribution in [1.29, 1.82) is 0 Å². The van der Waals surface area contributed by atoms with Crippen molar-refractivity contribution < 1.29 is 18.0 Å². The Morgan fingerprint density at radius 1 is 1.30 bits per heavy atom. The Labute approximate surface area is 115 Å². The maximum absolute atomic E-state index is 12.3. The van der Waals surface area contributed by atoms with E-state index < -0.39 is 12.1 Å². The number of hydrogen-bond acceptors (Lipinski definition) is 1. The first-order valence-corrected chi connectivity index (χ1v) is 6.41. The summed E-state index contributed by atoms with van der Waals surface area (Å²) in [5, 5.41) is 0. The van der Waals surface area contributed by atoms with Crippen LogP contribution in [0.5, 0.6) is 0 Å². The molecule has 0 unspecified atom stereocenters. The van der Waals surface area contributed by atoms with Gasteiger partial charge >= 0.3 is 12.1 Å². The second-order valence-corrected chi connectivity index (χ2v) is 5.70. The van der Waals surface area contributed by atoms with Gasteiger partial charge in [0.25, 0.3) is 0 Å². The van der Waals surface area contributed by atoms with Crippen molar-refractivity contribution >= 4 is 5.91 Å². The fraction of sp³-hybridized carbons (Fsp3) is 0.692. The molecule has 0 saturated heterocycles. The molecule has 1 amide bonds. The third-order valence-corrected chi connectivity index (χ3v) is 2.90. The fourth-order valence-electron chi connectivity index (χ4n) is 2.01. The number of hydrogen-bond donors (Lipinski definition) is 0. The number of nitrogens with zero attached hydrogens (tertiary/aromatic N) is 3. The SMILES string of the molecule is CCCn1c(=NC(=O)C(F)(F)F)cc(C(C)(C)C)n1C. The van der Waals surface area contributed by atoms with Crippen LogP contribution in [0.15, 0.2) is 11.1 Å². The minimum Gasteiger partial charge on any atom is -0.291 e. The largest absolute Gasteiger partial charge is 0.473 e. The molecule has 4 nitrogen and oxygen atoms in total. The van der Waals surface area contributed by atoms with E-state index in [0.717, 1.165) is 12.1 Å². The maximum atomic E-state index is 12.3. The van der Waals surface area contributed by atoms with Gasteiger partial charge in [-0.15, -0.1) is 0 Å². The molecule has 0 saturated carbocycles. The van der Waals surface area contributed by atoms with E-state index >= 15 is 0 Å². The number of alkyl halides is 3. The van der Waals surface area contributed by atoms with Gasteiger partial charge in [0.15, 0.2) is 5.49 Å². The van der Waals surface area contributed by atoms with Gasteiger partial charge in [-0.3, -0.25) is 14.2 Å². The smallest absolute Gasteiger partial charge is 0.291 e. The average Bonchev–Trinajstić information content (AvgIpc) is 2.56. The monoisotopic (exact) mass is 291 g/mol. The van der Waals surface area contributed by atoms with Crippen LogP contribution in [0.3, 0.4) is 0 Å². The van der Waals surface area contributed by atoms with Crippen LogP contribution < -0.4 is 5.49 Å². The third-order valence-electron chi connectivity index (χ3n) is 2.90. The van der Waals surface area contributed by atoms with Gasteiger partial charge in [-0.1, -0.05) is 27.7 Å². The van der Waals surface area contributed by atoms with Crippen LogP contribution in [0.2, 0.25) is 0 Å². The highest BCUT2D eigenvalue weighted by Gasteiger charge is 2.38. The summed E-state index contributed by atoms with van der Waals surface area (Å²) in [5.74, 6) is -2.08. The molecule has 0 fully saturated rings. The predicted molar refractivity (Wildman–Crippen MR) is 69.0 cm³/mol. The maximum Gasteiger partial charge on any atom is 0.473 e. The topological polar surface area (TPSA) is 39.3 Å². The van der Waals surface area contributed by atoms with Crippen LogP contribution in [0.25, 0.3) is 0 Å². The summed E-state index contributed by atoms with van der Waals surface area (Å²) in [5.41, 5.74) is 0.612. The van der Waals surface area contributed by atoms with Gasteiger partial charge in [0, 0.05) is 30.8 Å².